The molecule has 1 heterocycles. The molecule has 0 saturated carbocycles. The van der Waals surface area contributed by atoms with Gasteiger partial charge in [-0.05, 0) is 79.6 Å². The lowest BCUT2D eigenvalue weighted by molar-refractivity contribution is -0.121. The van der Waals surface area contributed by atoms with Crippen molar-refractivity contribution in [3.63, 3.8) is 0 Å². The maximum atomic E-state index is 13.1. The molecule has 140 valence electrons. The third-order valence-corrected chi connectivity index (χ3v) is 5.54. The molecule has 1 saturated heterocycles. The van der Waals surface area contributed by atoms with Gasteiger partial charge in [-0.1, -0.05) is 6.07 Å². The van der Waals surface area contributed by atoms with Gasteiger partial charge in [-0.3, -0.25) is 9.59 Å². The van der Waals surface area contributed by atoms with Gasteiger partial charge < -0.3 is 10.2 Å². The second-order valence-electron chi connectivity index (χ2n) is 7.42. The van der Waals surface area contributed by atoms with Crippen LogP contribution in [0.2, 0.25) is 0 Å². The summed E-state index contributed by atoms with van der Waals surface area (Å²) >= 11 is 0. The van der Waals surface area contributed by atoms with Crippen LogP contribution in [0.25, 0.3) is 0 Å². The van der Waals surface area contributed by atoms with Gasteiger partial charge in [-0.25, -0.2) is 4.39 Å². The molecule has 1 fully saturated rings. The van der Waals surface area contributed by atoms with E-state index in [1.807, 2.05) is 6.07 Å². The zero-order valence-corrected chi connectivity index (χ0v) is 15.2. The number of likely N-dealkylation sites (tertiary alicyclic amines) is 1. The molecular weight excluding hydrogens is 343 g/mol. The van der Waals surface area contributed by atoms with Crippen LogP contribution in [0.15, 0.2) is 42.5 Å². The van der Waals surface area contributed by atoms with Crippen molar-refractivity contribution >= 4 is 17.5 Å². The minimum Gasteiger partial charge on any atom is -0.338 e. The first-order valence-electron chi connectivity index (χ1n) is 9.57. The number of carbonyl (C=O) groups excluding carboxylic acids is 2. The summed E-state index contributed by atoms with van der Waals surface area (Å²) in [5.74, 6) is -0.775. The molecule has 4 nitrogen and oxygen atoms in total. The maximum absolute atomic E-state index is 13.1. The first kappa shape index (κ1) is 17.7. The Balaban J connectivity index is 1.40. The normalized spacial score (nSPS) is 18.9. The van der Waals surface area contributed by atoms with Crippen molar-refractivity contribution in [1.82, 2.24) is 4.90 Å². The van der Waals surface area contributed by atoms with Crippen molar-refractivity contribution in [3.05, 3.63) is 65.0 Å². The number of amides is 2. The molecule has 0 bridgehead atoms. The number of carbonyl (C=O) groups is 2. The molecule has 2 amide bonds. The van der Waals surface area contributed by atoms with Gasteiger partial charge in [0.1, 0.15) is 5.82 Å². The number of hydrogen-bond acceptors (Lipinski definition) is 2. The van der Waals surface area contributed by atoms with Crippen molar-refractivity contribution in [1.29, 1.82) is 0 Å². The van der Waals surface area contributed by atoms with Crippen molar-refractivity contribution in [2.24, 2.45) is 5.92 Å². The van der Waals surface area contributed by atoms with E-state index >= 15 is 0 Å². The molecule has 2 aliphatic rings. The van der Waals surface area contributed by atoms with Crippen LogP contribution in [0.5, 0.6) is 0 Å². The Morgan fingerprint density at radius 3 is 2.59 bits per heavy atom. The zero-order valence-electron chi connectivity index (χ0n) is 15.2. The van der Waals surface area contributed by atoms with Crippen LogP contribution in [0.3, 0.4) is 0 Å². The molecule has 0 aromatic heterocycles. The standard InChI is InChI=1S/C22H23FN2O2/c23-19-9-6-16(7-10-19)22(27)25-12-2-5-18(14-25)21(26)24-20-11-8-15-3-1-4-17(15)13-20/h6-11,13,18H,1-5,12,14H2,(H,24,26). The molecule has 1 aliphatic heterocycles. The van der Waals surface area contributed by atoms with E-state index in [1.165, 1.54) is 41.8 Å². The van der Waals surface area contributed by atoms with Crippen molar-refractivity contribution in [2.45, 2.75) is 32.1 Å². The van der Waals surface area contributed by atoms with E-state index in [9.17, 15) is 14.0 Å². The third-order valence-electron chi connectivity index (χ3n) is 5.54. The van der Waals surface area contributed by atoms with Gasteiger partial charge in [-0.15, -0.1) is 0 Å². The Morgan fingerprint density at radius 1 is 1.00 bits per heavy atom. The highest BCUT2D eigenvalue weighted by Gasteiger charge is 2.29. The van der Waals surface area contributed by atoms with E-state index in [1.54, 1.807) is 4.90 Å². The molecule has 27 heavy (non-hydrogen) atoms. The van der Waals surface area contributed by atoms with Gasteiger partial charge in [0, 0.05) is 24.3 Å². The van der Waals surface area contributed by atoms with Crippen LogP contribution >= 0.6 is 0 Å². The van der Waals surface area contributed by atoms with Gasteiger partial charge in [0.2, 0.25) is 5.91 Å². The van der Waals surface area contributed by atoms with Crippen LogP contribution in [-0.4, -0.2) is 29.8 Å². The SMILES string of the molecule is O=C(Nc1ccc2c(c1)CCC2)C1CCCN(C(=O)c2ccc(F)cc2)C1. The lowest BCUT2D eigenvalue weighted by atomic mass is 9.96. The fraction of sp³-hybridized carbons (Fsp3) is 0.364. The van der Waals surface area contributed by atoms with Gasteiger partial charge in [0.25, 0.3) is 5.91 Å². The number of rotatable bonds is 3. The largest absolute Gasteiger partial charge is 0.338 e. The number of nitrogens with one attached hydrogen (secondary N) is 1. The Bertz CT molecular complexity index is 863. The summed E-state index contributed by atoms with van der Waals surface area (Å²) in [6.07, 6.45) is 4.92. The number of fused-ring (bicyclic) bond motifs is 1. The molecule has 5 heteroatoms. The molecule has 1 N–H and O–H groups in total. The summed E-state index contributed by atoms with van der Waals surface area (Å²) < 4.78 is 13.1. The predicted molar refractivity (Wildman–Crippen MR) is 102 cm³/mol. The summed E-state index contributed by atoms with van der Waals surface area (Å²) in [6, 6.07) is 11.7. The number of nitrogens with zero attached hydrogens (tertiary/aromatic N) is 1. The molecule has 1 unspecified atom stereocenters. The number of halogens is 1. The van der Waals surface area contributed by atoms with Crippen LogP contribution < -0.4 is 5.32 Å². The van der Waals surface area contributed by atoms with Crippen LogP contribution in [0.4, 0.5) is 10.1 Å². The van der Waals surface area contributed by atoms with E-state index in [0.717, 1.165) is 31.4 Å². The Morgan fingerprint density at radius 2 is 1.78 bits per heavy atom. The van der Waals surface area contributed by atoms with Gasteiger partial charge in [0.15, 0.2) is 0 Å². The first-order chi connectivity index (χ1) is 13.1. The molecule has 2 aromatic rings. The third kappa shape index (κ3) is 3.87. The van der Waals surface area contributed by atoms with Crippen molar-refractivity contribution in [3.8, 4) is 0 Å². The molecule has 2 aromatic carbocycles. The number of hydrogen-bond donors (Lipinski definition) is 1. The van der Waals surface area contributed by atoms with E-state index < -0.39 is 0 Å². The van der Waals surface area contributed by atoms with E-state index in [0.29, 0.717) is 18.7 Å². The molecule has 0 spiro atoms. The topological polar surface area (TPSA) is 49.4 Å². The molecule has 4 rings (SSSR count). The summed E-state index contributed by atoms with van der Waals surface area (Å²) in [4.78, 5) is 27.1. The monoisotopic (exact) mass is 366 g/mol. The number of anilines is 1. The van der Waals surface area contributed by atoms with Crippen molar-refractivity contribution in [2.75, 3.05) is 18.4 Å². The van der Waals surface area contributed by atoms with Crippen molar-refractivity contribution < 1.29 is 14.0 Å². The second-order valence-corrected chi connectivity index (χ2v) is 7.42. The molecular formula is C22H23FN2O2. The van der Waals surface area contributed by atoms with Crippen LogP contribution in [0, 0.1) is 11.7 Å². The average molecular weight is 366 g/mol. The highest BCUT2D eigenvalue weighted by molar-refractivity contribution is 5.96. The summed E-state index contributed by atoms with van der Waals surface area (Å²) in [5.41, 5.74) is 3.99. The van der Waals surface area contributed by atoms with Gasteiger partial charge in [-0.2, -0.15) is 0 Å². The lowest BCUT2D eigenvalue weighted by Crippen LogP contribution is -2.43. The number of piperidine rings is 1. The van der Waals surface area contributed by atoms with Crippen LogP contribution in [-0.2, 0) is 17.6 Å². The average Bonchev–Trinajstić information content (AvgIpc) is 3.16. The summed E-state index contributed by atoms with van der Waals surface area (Å²) in [5, 5.41) is 3.02. The molecule has 1 aliphatic carbocycles. The predicted octanol–water partition coefficient (Wildman–Crippen LogP) is 3.81. The second kappa shape index (κ2) is 7.51. The zero-order chi connectivity index (χ0) is 18.8. The number of aryl methyl sites for hydroxylation is 2. The Hall–Kier alpha value is -2.69. The molecule has 0 radical (unpaired) electrons. The highest BCUT2D eigenvalue weighted by atomic mass is 19.1. The quantitative estimate of drug-likeness (QED) is 0.898. The summed E-state index contributed by atoms with van der Waals surface area (Å²) in [6.45, 7) is 1.02. The van der Waals surface area contributed by atoms with E-state index in [2.05, 4.69) is 17.4 Å². The van der Waals surface area contributed by atoms with Gasteiger partial charge >= 0.3 is 0 Å². The minimum atomic E-state index is -0.364. The number of benzene rings is 2. The van der Waals surface area contributed by atoms with E-state index in [4.69, 9.17) is 0 Å². The highest BCUT2D eigenvalue weighted by Crippen LogP contribution is 2.26. The lowest BCUT2D eigenvalue weighted by Gasteiger charge is -2.32. The fourth-order valence-corrected chi connectivity index (χ4v) is 4.04. The van der Waals surface area contributed by atoms with Gasteiger partial charge in [0.05, 0.1) is 5.92 Å². The minimum absolute atomic E-state index is 0.0375. The van der Waals surface area contributed by atoms with E-state index in [-0.39, 0.29) is 23.5 Å². The first-order valence-corrected chi connectivity index (χ1v) is 9.57. The Labute approximate surface area is 158 Å². The smallest absolute Gasteiger partial charge is 0.253 e. The molecule has 1 atom stereocenters. The summed E-state index contributed by atoms with van der Waals surface area (Å²) in [7, 11) is 0. The fourth-order valence-electron chi connectivity index (χ4n) is 4.04. The Kier molecular flexibility index (Phi) is 4.92. The maximum Gasteiger partial charge on any atom is 0.253 e. The van der Waals surface area contributed by atoms with Crippen LogP contribution in [0.1, 0.15) is 40.7 Å².